The van der Waals surface area contributed by atoms with Crippen molar-refractivity contribution in [2.75, 3.05) is 0 Å². The monoisotopic (exact) mass is 403 g/mol. The Bertz CT molecular complexity index is 1070. The molecule has 9 nitrogen and oxygen atoms in total. The summed E-state index contributed by atoms with van der Waals surface area (Å²) in [5, 5.41) is 13.0. The lowest BCUT2D eigenvalue weighted by atomic mass is 10.1. The first-order valence-corrected chi connectivity index (χ1v) is 8.33. The van der Waals surface area contributed by atoms with Crippen molar-refractivity contribution in [1.82, 2.24) is 24.7 Å². The van der Waals surface area contributed by atoms with Crippen molar-refractivity contribution in [3.63, 3.8) is 0 Å². The molecule has 0 aliphatic heterocycles. The first kappa shape index (κ1) is 20.0. The number of halogens is 2. The van der Waals surface area contributed by atoms with E-state index in [1.807, 2.05) is 0 Å². The Morgan fingerprint density at radius 2 is 1.86 bits per heavy atom. The minimum Gasteiger partial charge on any atom is -0.478 e. The number of aryl methyl sites for hydroxylation is 1. The van der Waals surface area contributed by atoms with Crippen molar-refractivity contribution in [1.29, 1.82) is 0 Å². The molecule has 0 spiro atoms. The van der Waals surface area contributed by atoms with Crippen LogP contribution in [0.3, 0.4) is 0 Å². The zero-order valence-electron chi connectivity index (χ0n) is 15.3. The molecule has 150 valence electrons. The van der Waals surface area contributed by atoms with Gasteiger partial charge in [0.05, 0.1) is 41.2 Å². The summed E-state index contributed by atoms with van der Waals surface area (Å²) in [5.41, 5.74) is 0.546. The number of rotatable bonds is 6. The topological polar surface area (TPSA) is 120 Å². The zero-order chi connectivity index (χ0) is 21.1. The maximum absolute atomic E-state index is 13.7. The van der Waals surface area contributed by atoms with Crippen LogP contribution in [0.4, 0.5) is 8.78 Å². The number of pyridine rings is 1. The third-order valence-electron chi connectivity index (χ3n) is 4.09. The van der Waals surface area contributed by atoms with Crippen molar-refractivity contribution < 1.29 is 28.2 Å². The van der Waals surface area contributed by atoms with E-state index in [9.17, 15) is 18.4 Å². The molecule has 11 heteroatoms. The molecule has 3 heterocycles. The van der Waals surface area contributed by atoms with Gasteiger partial charge < -0.3 is 9.84 Å². The van der Waals surface area contributed by atoms with Crippen LogP contribution in [0.2, 0.25) is 0 Å². The third-order valence-corrected chi connectivity index (χ3v) is 4.09. The van der Waals surface area contributed by atoms with E-state index < -0.39 is 29.8 Å². The van der Waals surface area contributed by atoms with Crippen LogP contribution in [-0.2, 0) is 23.0 Å². The molecule has 29 heavy (non-hydrogen) atoms. The summed E-state index contributed by atoms with van der Waals surface area (Å²) in [4.78, 5) is 34.5. The molecule has 3 aromatic rings. The van der Waals surface area contributed by atoms with Crippen LogP contribution in [0, 0.1) is 11.8 Å². The van der Waals surface area contributed by atoms with Gasteiger partial charge in [0.25, 0.3) is 0 Å². The Labute approximate surface area is 163 Å². The molecule has 0 unspecified atom stereocenters. The summed E-state index contributed by atoms with van der Waals surface area (Å²) >= 11 is 0. The minimum atomic E-state index is -1.17. The number of nitrogens with zero attached hydrogens (tertiary/aromatic N) is 5. The molecule has 3 rings (SSSR count). The summed E-state index contributed by atoms with van der Waals surface area (Å²) in [5.74, 6) is -3.38. The SMILES string of the molecule is C[C@@H](OC(=O)Cc1c(-c2ncc(C(=O)O)cn2)cnn1C)c1cc(F)cnc1F. The van der Waals surface area contributed by atoms with Crippen LogP contribution >= 0.6 is 0 Å². The number of carbonyl (C=O) groups is 2. The highest BCUT2D eigenvalue weighted by atomic mass is 19.1. The number of esters is 1. The third kappa shape index (κ3) is 4.39. The Hall–Kier alpha value is -3.76. The number of hydrogen-bond acceptors (Lipinski definition) is 7. The quantitative estimate of drug-likeness (QED) is 0.491. The summed E-state index contributed by atoms with van der Waals surface area (Å²) in [6.45, 7) is 1.40. The van der Waals surface area contributed by atoms with Crippen molar-refractivity contribution in [3.8, 4) is 11.4 Å². The Morgan fingerprint density at radius 3 is 2.52 bits per heavy atom. The highest BCUT2D eigenvalue weighted by Gasteiger charge is 2.21. The fraction of sp³-hybridized carbons (Fsp3) is 0.222. The first-order chi connectivity index (χ1) is 13.8. The predicted molar refractivity (Wildman–Crippen MR) is 93.6 cm³/mol. The summed E-state index contributed by atoms with van der Waals surface area (Å²) in [6.07, 6.45) is 3.13. The summed E-state index contributed by atoms with van der Waals surface area (Å²) in [6, 6.07) is 0.910. The maximum atomic E-state index is 13.7. The molecule has 0 amide bonds. The molecule has 1 N–H and O–H groups in total. The molecular weight excluding hydrogens is 388 g/mol. The van der Waals surface area contributed by atoms with Gasteiger partial charge >= 0.3 is 11.9 Å². The minimum absolute atomic E-state index is 0.0850. The van der Waals surface area contributed by atoms with Crippen molar-refractivity contribution in [2.24, 2.45) is 7.05 Å². The molecule has 3 aromatic heterocycles. The molecule has 0 aliphatic rings. The van der Waals surface area contributed by atoms with E-state index in [-0.39, 0.29) is 23.4 Å². The van der Waals surface area contributed by atoms with Crippen molar-refractivity contribution in [3.05, 3.63) is 59.4 Å². The molecule has 0 saturated carbocycles. The summed E-state index contributed by atoms with van der Waals surface area (Å²) < 4.78 is 33.6. The Kier molecular flexibility index (Phi) is 5.57. The first-order valence-electron chi connectivity index (χ1n) is 8.33. The Balaban J connectivity index is 1.78. The fourth-order valence-electron chi connectivity index (χ4n) is 2.60. The van der Waals surface area contributed by atoms with Crippen LogP contribution in [0.15, 0.2) is 30.9 Å². The van der Waals surface area contributed by atoms with E-state index >= 15 is 0 Å². The lowest BCUT2D eigenvalue weighted by Crippen LogP contribution is -2.15. The van der Waals surface area contributed by atoms with Gasteiger partial charge in [-0.25, -0.2) is 24.1 Å². The average molecular weight is 403 g/mol. The van der Waals surface area contributed by atoms with E-state index in [2.05, 4.69) is 20.1 Å². The number of carbonyl (C=O) groups excluding carboxylic acids is 1. The normalized spacial score (nSPS) is 11.9. The van der Waals surface area contributed by atoms with Crippen molar-refractivity contribution >= 4 is 11.9 Å². The molecule has 1 atom stereocenters. The lowest BCUT2D eigenvalue weighted by molar-refractivity contribution is -0.148. The van der Waals surface area contributed by atoms with Gasteiger partial charge in [0.1, 0.15) is 11.9 Å². The van der Waals surface area contributed by atoms with Crippen LogP contribution in [0.1, 0.15) is 34.6 Å². The van der Waals surface area contributed by atoms with Crippen molar-refractivity contribution in [2.45, 2.75) is 19.4 Å². The number of carboxylic acid groups (broad SMARTS) is 1. The van der Waals surface area contributed by atoms with Gasteiger partial charge in [0, 0.05) is 19.4 Å². The Morgan fingerprint density at radius 1 is 1.17 bits per heavy atom. The van der Waals surface area contributed by atoms with Crippen LogP contribution in [0.5, 0.6) is 0 Å². The largest absolute Gasteiger partial charge is 0.478 e. The van der Waals surface area contributed by atoms with E-state index in [4.69, 9.17) is 9.84 Å². The van der Waals surface area contributed by atoms with Crippen LogP contribution < -0.4 is 0 Å². The van der Waals surface area contributed by atoms with Gasteiger partial charge in [-0.3, -0.25) is 9.48 Å². The number of ether oxygens (including phenoxy) is 1. The lowest BCUT2D eigenvalue weighted by Gasteiger charge is -2.14. The number of aromatic carboxylic acids is 1. The molecule has 0 radical (unpaired) electrons. The number of aromatic nitrogens is 5. The highest BCUT2D eigenvalue weighted by molar-refractivity contribution is 5.87. The standard InChI is InChI=1S/C18H15F2N5O4/c1-9(12-3-11(19)7-21-16(12)20)29-15(26)4-14-13(8-24-25(14)2)17-22-5-10(6-23-17)18(27)28/h3,5-9H,4H2,1-2H3,(H,27,28)/t9-/m1/s1. The van der Waals surface area contributed by atoms with Gasteiger partial charge in [0.2, 0.25) is 5.95 Å². The van der Waals surface area contributed by atoms with Gasteiger partial charge in [-0.15, -0.1) is 0 Å². The second kappa shape index (κ2) is 8.09. The van der Waals surface area contributed by atoms with Crippen LogP contribution in [-0.4, -0.2) is 41.8 Å². The predicted octanol–water partition coefficient (Wildman–Crippen LogP) is 2.10. The molecule has 0 aliphatic carbocycles. The second-order valence-corrected chi connectivity index (χ2v) is 6.07. The smallest absolute Gasteiger partial charge is 0.338 e. The molecular formula is C18H15F2N5O4. The molecule has 0 fully saturated rings. The van der Waals surface area contributed by atoms with Gasteiger partial charge in [-0.2, -0.15) is 9.49 Å². The molecule has 0 saturated heterocycles. The fourth-order valence-corrected chi connectivity index (χ4v) is 2.60. The number of hydrogen-bond donors (Lipinski definition) is 1. The van der Waals surface area contributed by atoms with Crippen LogP contribution in [0.25, 0.3) is 11.4 Å². The molecule has 0 bridgehead atoms. The highest BCUT2D eigenvalue weighted by Crippen LogP contribution is 2.23. The zero-order valence-corrected chi connectivity index (χ0v) is 15.3. The summed E-state index contributed by atoms with van der Waals surface area (Å²) in [7, 11) is 1.59. The van der Waals surface area contributed by atoms with Gasteiger partial charge in [-0.1, -0.05) is 0 Å². The van der Waals surface area contributed by atoms with E-state index in [1.165, 1.54) is 17.8 Å². The van der Waals surface area contributed by atoms with E-state index in [1.54, 1.807) is 7.05 Å². The maximum Gasteiger partial charge on any atom is 0.338 e. The van der Waals surface area contributed by atoms with E-state index in [0.717, 1.165) is 24.7 Å². The average Bonchev–Trinajstić information content (AvgIpc) is 3.04. The van der Waals surface area contributed by atoms with Gasteiger partial charge in [0.15, 0.2) is 5.82 Å². The van der Waals surface area contributed by atoms with E-state index in [0.29, 0.717) is 11.3 Å². The number of carboxylic acids is 1. The molecule has 0 aromatic carbocycles. The second-order valence-electron chi connectivity index (χ2n) is 6.07. The van der Waals surface area contributed by atoms with Gasteiger partial charge in [-0.05, 0) is 13.0 Å².